The van der Waals surface area contributed by atoms with Crippen molar-refractivity contribution in [3.05, 3.63) is 108 Å². The van der Waals surface area contributed by atoms with Gasteiger partial charge >= 0.3 is 0 Å². The Morgan fingerprint density at radius 2 is 1.78 bits per heavy atom. The molecule has 164 valence electrons. The number of imidazole rings is 1. The lowest BCUT2D eigenvalue weighted by atomic mass is 9.98. The molecule has 2 aromatic carbocycles. The number of guanidine groups is 1. The Balaban J connectivity index is 0.00000289. The van der Waals surface area contributed by atoms with Crippen LogP contribution >= 0.6 is 24.0 Å². The molecule has 0 saturated carbocycles. The van der Waals surface area contributed by atoms with Gasteiger partial charge in [-0.3, -0.25) is 4.98 Å². The van der Waals surface area contributed by atoms with Crippen LogP contribution in [0.3, 0.4) is 0 Å². The predicted molar refractivity (Wildman–Crippen MR) is 140 cm³/mol. The quantitative estimate of drug-likeness (QED) is 0.200. The first-order valence-corrected chi connectivity index (χ1v) is 10.3. The predicted octanol–water partition coefficient (Wildman–Crippen LogP) is 4.26. The fourth-order valence-electron chi connectivity index (χ4n) is 3.41. The third-order valence-corrected chi connectivity index (χ3v) is 5.04. The zero-order valence-electron chi connectivity index (χ0n) is 17.8. The van der Waals surface area contributed by atoms with E-state index in [2.05, 4.69) is 67.3 Å². The SMILES string of the molecule is I.NC(=NCc1ccccc1-c1ccc(Cn2ccnc2)cc1)NCCc1ccccn1. The highest BCUT2D eigenvalue weighted by molar-refractivity contribution is 14.0. The number of rotatable bonds is 8. The highest BCUT2D eigenvalue weighted by atomic mass is 127. The molecular weight excluding hydrogens is 511 g/mol. The van der Waals surface area contributed by atoms with E-state index in [-0.39, 0.29) is 24.0 Å². The van der Waals surface area contributed by atoms with E-state index in [1.54, 1.807) is 12.4 Å². The van der Waals surface area contributed by atoms with Crippen molar-refractivity contribution in [3.8, 4) is 11.1 Å². The second kappa shape index (κ2) is 12.0. The minimum atomic E-state index is 0. The summed E-state index contributed by atoms with van der Waals surface area (Å²) in [5.74, 6) is 0.446. The van der Waals surface area contributed by atoms with Crippen LogP contribution < -0.4 is 11.1 Å². The van der Waals surface area contributed by atoms with Gasteiger partial charge in [0.2, 0.25) is 0 Å². The van der Waals surface area contributed by atoms with Crippen LogP contribution in [0.1, 0.15) is 16.8 Å². The molecule has 32 heavy (non-hydrogen) atoms. The molecule has 2 aromatic heterocycles. The van der Waals surface area contributed by atoms with E-state index in [4.69, 9.17) is 5.73 Å². The van der Waals surface area contributed by atoms with Gasteiger partial charge in [-0.05, 0) is 34.4 Å². The average molecular weight is 538 g/mol. The molecule has 3 N–H and O–H groups in total. The minimum absolute atomic E-state index is 0. The largest absolute Gasteiger partial charge is 0.370 e. The third-order valence-electron chi connectivity index (χ3n) is 5.04. The number of pyridine rings is 1. The lowest BCUT2D eigenvalue weighted by Crippen LogP contribution is -2.33. The lowest BCUT2D eigenvalue weighted by Gasteiger charge is -2.10. The molecule has 0 amide bonds. The maximum atomic E-state index is 6.07. The number of nitrogens with two attached hydrogens (primary N) is 1. The van der Waals surface area contributed by atoms with Crippen molar-refractivity contribution in [2.24, 2.45) is 10.7 Å². The molecule has 0 atom stereocenters. The van der Waals surface area contributed by atoms with Gasteiger partial charge in [-0.2, -0.15) is 0 Å². The first-order chi connectivity index (χ1) is 15.3. The third kappa shape index (κ3) is 6.65. The summed E-state index contributed by atoms with van der Waals surface area (Å²) in [6.45, 7) is 2.04. The number of hydrogen-bond acceptors (Lipinski definition) is 3. The van der Waals surface area contributed by atoms with Gasteiger partial charge in [0.05, 0.1) is 12.9 Å². The molecule has 6 nitrogen and oxygen atoms in total. The second-order valence-electron chi connectivity index (χ2n) is 7.29. The Kier molecular flexibility index (Phi) is 8.79. The Morgan fingerprint density at radius 1 is 0.969 bits per heavy atom. The molecule has 2 heterocycles. The molecule has 0 aliphatic rings. The van der Waals surface area contributed by atoms with Gasteiger partial charge in [-0.25, -0.2) is 9.98 Å². The fourth-order valence-corrected chi connectivity index (χ4v) is 3.41. The number of aliphatic imine (C=N–C) groups is 1. The molecule has 0 unspecified atom stereocenters. The van der Waals surface area contributed by atoms with E-state index in [0.29, 0.717) is 19.0 Å². The molecule has 0 radical (unpaired) electrons. The summed E-state index contributed by atoms with van der Waals surface area (Å²) in [5, 5.41) is 3.17. The first kappa shape index (κ1) is 23.5. The number of nitrogens with one attached hydrogen (secondary N) is 1. The van der Waals surface area contributed by atoms with Crippen molar-refractivity contribution < 1.29 is 0 Å². The van der Waals surface area contributed by atoms with Crippen molar-refractivity contribution in [2.45, 2.75) is 19.5 Å². The molecule has 0 aliphatic carbocycles. The zero-order valence-corrected chi connectivity index (χ0v) is 20.1. The van der Waals surface area contributed by atoms with Gasteiger partial charge in [0.1, 0.15) is 0 Å². The normalized spacial score (nSPS) is 11.1. The number of benzene rings is 2. The van der Waals surface area contributed by atoms with E-state index >= 15 is 0 Å². The Labute approximate surface area is 205 Å². The van der Waals surface area contributed by atoms with E-state index in [0.717, 1.165) is 24.2 Å². The molecule has 0 saturated heterocycles. The Bertz CT molecular complexity index is 1110. The smallest absolute Gasteiger partial charge is 0.188 e. The van der Waals surface area contributed by atoms with Gasteiger partial charge in [0, 0.05) is 43.8 Å². The monoisotopic (exact) mass is 538 g/mol. The lowest BCUT2D eigenvalue weighted by molar-refractivity contribution is 0.797. The van der Waals surface area contributed by atoms with Crippen LogP contribution in [0.4, 0.5) is 0 Å². The van der Waals surface area contributed by atoms with Crippen molar-refractivity contribution in [1.82, 2.24) is 19.9 Å². The van der Waals surface area contributed by atoms with Crippen LogP contribution in [0.5, 0.6) is 0 Å². The molecular formula is C25H27IN6. The van der Waals surface area contributed by atoms with Gasteiger partial charge in [0.25, 0.3) is 0 Å². The minimum Gasteiger partial charge on any atom is -0.370 e. The molecule has 4 rings (SSSR count). The Hall–Kier alpha value is -3.20. The molecule has 0 fully saturated rings. The standard InChI is InChI=1S/C25H26N6.HI/c26-25(29-14-12-23-6-3-4-13-28-23)30-17-22-5-1-2-7-24(22)21-10-8-20(9-11-21)18-31-16-15-27-19-31;/h1-11,13,15-16,19H,12,14,17-18H2,(H3,26,29,30);1H. The fraction of sp³-hybridized carbons (Fsp3) is 0.160. The number of aromatic nitrogens is 3. The van der Waals surface area contributed by atoms with Crippen molar-refractivity contribution in [3.63, 3.8) is 0 Å². The van der Waals surface area contributed by atoms with Crippen LogP contribution in [-0.2, 0) is 19.5 Å². The van der Waals surface area contributed by atoms with Crippen LogP contribution in [0, 0.1) is 0 Å². The highest BCUT2D eigenvalue weighted by Gasteiger charge is 2.05. The average Bonchev–Trinajstić information content (AvgIpc) is 3.32. The van der Waals surface area contributed by atoms with Crippen molar-refractivity contribution in [2.75, 3.05) is 6.54 Å². The van der Waals surface area contributed by atoms with Crippen molar-refractivity contribution in [1.29, 1.82) is 0 Å². The summed E-state index contributed by atoms with van der Waals surface area (Å²) in [6.07, 6.45) is 8.20. The van der Waals surface area contributed by atoms with Crippen LogP contribution in [-0.4, -0.2) is 27.0 Å². The molecule has 0 spiro atoms. The highest BCUT2D eigenvalue weighted by Crippen LogP contribution is 2.25. The summed E-state index contributed by atoms with van der Waals surface area (Å²) in [4.78, 5) is 12.9. The van der Waals surface area contributed by atoms with E-state index < -0.39 is 0 Å². The number of nitrogens with zero attached hydrogens (tertiary/aromatic N) is 4. The van der Waals surface area contributed by atoms with E-state index in [1.165, 1.54) is 16.7 Å². The summed E-state index contributed by atoms with van der Waals surface area (Å²) >= 11 is 0. The summed E-state index contributed by atoms with van der Waals surface area (Å²) in [5.41, 5.74) is 11.8. The van der Waals surface area contributed by atoms with Crippen LogP contribution in [0.15, 0.2) is 96.6 Å². The number of hydrogen-bond donors (Lipinski definition) is 2. The van der Waals surface area contributed by atoms with Crippen molar-refractivity contribution >= 4 is 29.9 Å². The summed E-state index contributed by atoms with van der Waals surface area (Å²) < 4.78 is 2.06. The summed E-state index contributed by atoms with van der Waals surface area (Å²) in [6, 6.07) is 22.8. The van der Waals surface area contributed by atoms with Gasteiger partial charge in [-0.15, -0.1) is 24.0 Å². The molecule has 7 heteroatoms. The topological polar surface area (TPSA) is 81.1 Å². The summed E-state index contributed by atoms with van der Waals surface area (Å²) in [7, 11) is 0. The van der Waals surface area contributed by atoms with Crippen LogP contribution in [0.2, 0.25) is 0 Å². The maximum Gasteiger partial charge on any atom is 0.188 e. The van der Waals surface area contributed by atoms with E-state index in [9.17, 15) is 0 Å². The van der Waals surface area contributed by atoms with Crippen LogP contribution in [0.25, 0.3) is 11.1 Å². The number of halogens is 1. The van der Waals surface area contributed by atoms with Gasteiger partial charge in [0.15, 0.2) is 5.96 Å². The molecule has 0 bridgehead atoms. The Morgan fingerprint density at radius 3 is 2.53 bits per heavy atom. The van der Waals surface area contributed by atoms with Gasteiger partial charge < -0.3 is 15.6 Å². The first-order valence-electron chi connectivity index (χ1n) is 10.3. The zero-order chi connectivity index (χ0) is 21.3. The molecule has 0 aliphatic heterocycles. The van der Waals surface area contributed by atoms with Gasteiger partial charge in [-0.1, -0.05) is 54.6 Å². The molecule has 4 aromatic rings. The second-order valence-corrected chi connectivity index (χ2v) is 7.29. The van der Waals surface area contributed by atoms with E-state index in [1.807, 2.05) is 36.8 Å². The maximum absolute atomic E-state index is 6.07.